The third-order valence-corrected chi connectivity index (χ3v) is 3.99. The normalized spacial score (nSPS) is 11.9. The van der Waals surface area contributed by atoms with Crippen molar-refractivity contribution in [1.29, 1.82) is 0 Å². The van der Waals surface area contributed by atoms with Crippen molar-refractivity contribution in [3.63, 3.8) is 0 Å². The van der Waals surface area contributed by atoms with E-state index in [-0.39, 0.29) is 6.42 Å². The number of amides is 2. The van der Waals surface area contributed by atoms with Crippen LogP contribution >= 0.6 is 0 Å². The molecule has 0 aromatic heterocycles. The van der Waals surface area contributed by atoms with Crippen molar-refractivity contribution in [2.75, 3.05) is 0 Å². The van der Waals surface area contributed by atoms with Crippen molar-refractivity contribution in [3.8, 4) is 0 Å². The Bertz CT molecular complexity index is 940. The van der Waals surface area contributed by atoms with Gasteiger partial charge in [-0.2, -0.15) is 0 Å². The second-order valence-electron chi connectivity index (χ2n) is 5.82. The van der Waals surface area contributed by atoms with E-state index >= 15 is 0 Å². The second kappa shape index (κ2) is 7.13. The highest BCUT2D eigenvalue weighted by molar-refractivity contribution is 6.00. The maximum Gasteiger partial charge on any atom is 0.251 e. The predicted molar refractivity (Wildman–Crippen MR) is 94.5 cm³/mol. The molecule has 0 fully saturated rings. The van der Waals surface area contributed by atoms with Crippen LogP contribution in [0.4, 0.5) is 4.39 Å². The highest BCUT2D eigenvalue weighted by atomic mass is 19.1. The molecule has 1 atom stereocenters. The first-order chi connectivity index (χ1) is 12.0. The van der Waals surface area contributed by atoms with E-state index in [1.54, 1.807) is 24.3 Å². The Morgan fingerprint density at radius 3 is 2.44 bits per heavy atom. The molecule has 0 spiro atoms. The van der Waals surface area contributed by atoms with E-state index in [4.69, 9.17) is 5.73 Å². The molecule has 0 aliphatic rings. The van der Waals surface area contributed by atoms with Gasteiger partial charge in [0.2, 0.25) is 5.91 Å². The number of hydrogen-bond acceptors (Lipinski definition) is 2. The first-order valence-electron chi connectivity index (χ1n) is 7.86. The lowest BCUT2D eigenvalue weighted by Crippen LogP contribution is -2.45. The maximum absolute atomic E-state index is 13.3. The lowest BCUT2D eigenvalue weighted by Gasteiger charge is -2.16. The van der Waals surface area contributed by atoms with Crippen LogP contribution in [0, 0.1) is 5.82 Å². The van der Waals surface area contributed by atoms with Crippen molar-refractivity contribution < 1.29 is 14.0 Å². The van der Waals surface area contributed by atoms with E-state index in [1.165, 1.54) is 12.1 Å². The summed E-state index contributed by atoms with van der Waals surface area (Å²) in [6.45, 7) is 0. The number of rotatable bonds is 5. The fourth-order valence-corrected chi connectivity index (χ4v) is 2.69. The first kappa shape index (κ1) is 16.6. The van der Waals surface area contributed by atoms with Gasteiger partial charge in [-0.25, -0.2) is 4.39 Å². The molecule has 0 saturated carbocycles. The van der Waals surface area contributed by atoms with Gasteiger partial charge < -0.3 is 11.1 Å². The van der Waals surface area contributed by atoms with Gasteiger partial charge in [0, 0.05) is 12.0 Å². The van der Waals surface area contributed by atoms with Gasteiger partial charge in [0.1, 0.15) is 11.9 Å². The van der Waals surface area contributed by atoms with Crippen molar-refractivity contribution in [2.45, 2.75) is 12.5 Å². The Morgan fingerprint density at radius 2 is 1.72 bits per heavy atom. The predicted octanol–water partition coefficient (Wildman–Crippen LogP) is 2.81. The number of primary amides is 1. The van der Waals surface area contributed by atoms with Crippen molar-refractivity contribution in [3.05, 3.63) is 83.7 Å². The Kier molecular flexibility index (Phi) is 4.75. The van der Waals surface area contributed by atoms with Crippen LogP contribution < -0.4 is 11.1 Å². The van der Waals surface area contributed by atoms with Crippen LogP contribution in [0.3, 0.4) is 0 Å². The zero-order chi connectivity index (χ0) is 17.8. The molecule has 0 unspecified atom stereocenters. The summed E-state index contributed by atoms with van der Waals surface area (Å²) < 4.78 is 13.3. The lowest BCUT2D eigenvalue weighted by atomic mass is 10.0. The van der Waals surface area contributed by atoms with Crippen molar-refractivity contribution >= 4 is 22.6 Å². The Morgan fingerprint density at radius 1 is 0.960 bits per heavy atom. The molecule has 3 aromatic carbocycles. The molecule has 0 radical (unpaired) electrons. The fraction of sp³-hybridized carbons (Fsp3) is 0.100. The average molecular weight is 336 g/mol. The summed E-state index contributed by atoms with van der Waals surface area (Å²) in [5.41, 5.74) is 6.41. The third-order valence-electron chi connectivity index (χ3n) is 3.99. The molecule has 3 aromatic rings. The number of fused-ring (bicyclic) bond motifs is 1. The fourth-order valence-electron chi connectivity index (χ4n) is 2.69. The van der Waals surface area contributed by atoms with Crippen LogP contribution in [0.1, 0.15) is 15.9 Å². The number of carbonyl (C=O) groups excluding carboxylic acids is 2. The molecule has 0 aliphatic carbocycles. The lowest BCUT2D eigenvalue weighted by molar-refractivity contribution is -0.119. The molecule has 126 valence electrons. The summed E-state index contributed by atoms with van der Waals surface area (Å²) in [5, 5.41) is 4.57. The smallest absolute Gasteiger partial charge is 0.251 e. The number of carbonyl (C=O) groups is 2. The molecule has 0 aliphatic heterocycles. The summed E-state index contributed by atoms with van der Waals surface area (Å²) in [7, 11) is 0. The van der Waals surface area contributed by atoms with Gasteiger partial charge in [0.25, 0.3) is 5.91 Å². The summed E-state index contributed by atoms with van der Waals surface area (Å²) >= 11 is 0. The monoisotopic (exact) mass is 336 g/mol. The number of nitrogens with two attached hydrogens (primary N) is 1. The minimum Gasteiger partial charge on any atom is -0.368 e. The molecule has 5 heteroatoms. The molecule has 25 heavy (non-hydrogen) atoms. The van der Waals surface area contributed by atoms with E-state index in [0.29, 0.717) is 11.1 Å². The number of nitrogens with one attached hydrogen (secondary N) is 1. The molecule has 4 nitrogen and oxygen atoms in total. The largest absolute Gasteiger partial charge is 0.368 e. The summed E-state index contributed by atoms with van der Waals surface area (Å²) in [6, 6.07) is 17.9. The van der Waals surface area contributed by atoms with Crippen molar-refractivity contribution in [1.82, 2.24) is 5.32 Å². The number of halogens is 1. The number of benzene rings is 3. The van der Waals surface area contributed by atoms with Crippen LogP contribution in [-0.2, 0) is 11.2 Å². The molecular weight excluding hydrogens is 319 g/mol. The average Bonchev–Trinajstić information content (AvgIpc) is 2.60. The quantitative estimate of drug-likeness (QED) is 0.752. The Hall–Kier alpha value is -3.21. The van der Waals surface area contributed by atoms with Gasteiger partial charge >= 0.3 is 0 Å². The summed E-state index contributed by atoms with van der Waals surface area (Å²) in [6.07, 6.45) is 0.131. The second-order valence-corrected chi connectivity index (χ2v) is 5.82. The standard InChI is InChI=1S/C20H17FN2O2/c21-17-7-3-4-13(10-17)11-18(19(22)24)23-20(25)16-9-8-14-5-1-2-6-15(14)12-16/h1-10,12,18H,11H2,(H2,22,24)(H,23,25)/t18-/m0/s1. The van der Waals surface area contributed by atoms with Gasteiger partial charge in [0.15, 0.2) is 0 Å². The molecule has 3 rings (SSSR count). The Balaban J connectivity index is 1.78. The Labute approximate surface area is 144 Å². The van der Waals surface area contributed by atoms with Gasteiger partial charge in [-0.05, 0) is 40.6 Å². The highest BCUT2D eigenvalue weighted by Gasteiger charge is 2.20. The van der Waals surface area contributed by atoms with E-state index in [2.05, 4.69) is 5.32 Å². The minimum atomic E-state index is -0.916. The summed E-state index contributed by atoms with van der Waals surface area (Å²) in [4.78, 5) is 24.1. The maximum atomic E-state index is 13.3. The molecular formula is C20H17FN2O2. The van der Waals surface area contributed by atoms with Gasteiger partial charge in [0.05, 0.1) is 0 Å². The van der Waals surface area contributed by atoms with Crippen molar-refractivity contribution in [2.24, 2.45) is 5.73 Å². The minimum absolute atomic E-state index is 0.131. The SMILES string of the molecule is NC(=O)[C@H](Cc1cccc(F)c1)NC(=O)c1ccc2ccccc2c1. The third kappa shape index (κ3) is 4.01. The zero-order valence-corrected chi connectivity index (χ0v) is 13.4. The highest BCUT2D eigenvalue weighted by Crippen LogP contribution is 2.16. The van der Waals surface area contributed by atoms with Crippen LogP contribution in [0.25, 0.3) is 10.8 Å². The topological polar surface area (TPSA) is 72.2 Å². The van der Waals surface area contributed by atoms with Gasteiger partial charge in [-0.15, -0.1) is 0 Å². The summed E-state index contributed by atoms with van der Waals surface area (Å²) in [5.74, 6) is -1.47. The van der Waals surface area contributed by atoms with E-state index < -0.39 is 23.7 Å². The van der Waals surface area contributed by atoms with Gasteiger partial charge in [-0.3, -0.25) is 9.59 Å². The van der Waals surface area contributed by atoms with E-state index in [1.807, 2.05) is 30.3 Å². The molecule has 3 N–H and O–H groups in total. The molecule has 2 amide bonds. The van der Waals surface area contributed by atoms with E-state index in [9.17, 15) is 14.0 Å². The molecule has 0 bridgehead atoms. The zero-order valence-electron chi connectivity index (χ0n) is 13.4. The number of hydrogen-bond donors (Lipinski definition) is 2. The molecule has 0 heterocycles. The van der Waals surface area contributed by atoms with Crippen LogP contribution in [-0.4, -0.2) is 17.9 Å². The van der Waals surface area contributed by atoms with Crippen LogP contribution in [0.2, 0.25) is 0 Å². The molecule has 0 saturated heterocycles. The van der Waals surface area contributed by atoms with Crippen LogP contribution in [0.5, 0.6) is 0 Å². The van der Waals surface area contributed by atoms with Gasteiger partial charge in [-0.1, -0.05) is 42.5 Å². The van der Waals surface area contributed by atoms with E-state index in [0.717, 1.165) is 10.8 Å². The van der Waals surface area contributed by atoms with Crippen LogP contribution in [0.15, 0.2) is 66.7 Å². The first-order valence-corrected chi connectivity index (χ1v) is 7.86.